The van der Waals surface area contributed by atoms with Crippen LogP contribution in [0.4, 0.5) is 4.39 Å². The second-order valence-corrected chi connectivity index (χ2v) is 4.07. The number of carboxylic acid groups (broad SMARTS) is 1. The fourth-order valence-electron chi connectivity index (χ4n) is 1.64. The zero-order valence-electron chi connectivity index (χ0n) is 10.6. The van der Waals surface area contributed by atoms with E-state index in [-0.39, 0.29) is 11.9 Å². The van der Waals surface area contributed by atoms with Gasteiger partial charge in [-0.25, -0.2) is 9.18 Å². The first kappa shape index (κ1) is 14.4. The Morgan fingerprint density at radius 2 is 2.28 bits per heavy atom. The van der Waals surface area contributed by atoms with Crippen LogP contribution < -0.4 is 5.32 Å². The highest BCUT2D eigenvalue weighted by atomic mass is 19.1. The average molecular weight is 251 g/mol. The van der Waals surface area contributed by atoms with Crippen molar-refractivity contribution in [1.29, 1.82) is 0 Å². The van der Waals surface area contributed by atoms with Crippen molar-refractivity contribution in [3.8, 4) is 0 Å². The molecule has 3 nitrogen and oxygen atoms in total. The van der Waals surface area contributed by atoms with Crippen LogP contribution in [0.3, 0.4) is 0 Å². The summed E-state index contributed by atoms with van der Waals surface area (Å²) in [5, 5.41) is 12.0. The lowest BCUT2D eigenvalue weighted by atomic mass is 10.1. The third-order valence-electron chi connectivity index (χ3n) is 2.78. The van der Waals surface area contributed by atoms with Gasteiger partial charge in [0.1, 0.15) is 5.82 Å². The van der Waals surface area contributed by atoms with Crippen LogP contribution in [0.15, 0.2) is 35.9 Å². The molecule has 1 atom stereocenters. The minimum absolute atomic E-state index is 0.0242. The summed E-state index contributed by atoms with van der Waals surface area (Å²) in [6.45, 7) is 4.16. The second kappa shape index (κ2) is 6.91. The molecule has 0 heterocycles. The summed E-state index contributed by atoms with van der Waals surface area (Å²) in [6.07, 6.45) is 2.14. The molecule has 98 valence electrons. The van der Waals surface area contributed by atoms with Gasteiger partial charge in [-0.1, -0.05) is 25.1 Å². The van der Waals surface area contributed by atoms with Gasteiger partial charge in [0.2, 0.25) is 0 Å². The number of hydrogen-bond donors (Lipinski definition) is 2. The van der Waals surface area contributed by atoms with E-state index in [2.05, 4.69) is 5.32 Å². The predicted molar refractivity (Wildman–Crippen MR) is 68.8 cm³/mol. The van der Waals surface area contributed by atoms with Crippen LogP contribution in [0, 0.1) is 5.82 Å². The highest BCUT2D eigenvalue weighted by Gasteiger charge is 2.06. The van der Waals surface area contributed by atoms with E-state index in [9.17, 15) is 9.18 Å². The number of hydrogen-bond acceptors (Lipinski definition) is 2. The maximum absolute atomic E-state index is 13.0. The van der Waals surface area contributed by atoms with E-state index in [0.717, 1.165) is 5.56 Å². The lowest BCUT2D eigenvalue weighted by Gasteiger charge is -2.13. The van der Waals surface area contributed by atoms with Crippen molar-refractivity contribution in [2.24, 2.45) is 0 Å². The van der Waals surface area contributed by atoms with E-state index in [1.54, 1.807) is 19.1 Å². The molecule has 0 saturated carbocycles. The molecule has 0 bridgehead atoms. The minimum atomic E-state index is -0.891. The molecular weight excluding hydrogens is 233 g/mol. The van der Waals surface area contributed by atoms with Gasteiger partial charge in [0, 0.05) is 18.2 Å². The van der Waals surface area contributed by atoms with Gasteiger partial charge < -0.3 is 10.4 Å². The molecule has 0 fully saturated rings. The van der Waals surface area contributed by atoms with Crippen LogP contribution in [0.25, 0.3) is 0 Å². The molecule has 0 spiro atoms. The van der Waals surface area contributed by atoms with Crippen molar-refractivity contribution in [3.05, 3.63) is 47.3 Å². The molecule has 0 radical (unpaired) electrons. The first-order valence-electron chi connectivity index (χ1n) is 5.95. The third kappa shape index (κ3) is 4.30. The lowest BCUT2D eigenvalue weighted by molar-refractivity contribution is -0.132. The molecule has 0 aliphatic carbocycles. The van der Waals surface area contributed by atoms with Crippen molar-refractivity contribution in [1.82, 2.24) is 5.32 Å². The minimum Gasteiger partial charge on any atom is -0.478 e. The van der Waals surface area contributed by atoms with E-state index in [0.29, 0.717) is 18.5 Å². The normalized spacial score (nSPS) is 13.4. The molecule has 2 N–H and O–H groups in total. The fraction of sp³-hybridized carbons (Fsp3) is 0.357. The summed E-state index contributed by atoms with van der Waals surface area (Å²) in [5.74, 6) is -1.16. The van der Waals surface area contributed by atoms with Gasteiger partial charge in [0.25, 0.3) is 0 Å². The van der Waals surface area contributed by atoms with Gasteiger partial charge in [-0.15, -0.1) is 0 Å². The van der Waals surface area contributed by atoms with Gasteiger partial charge in [-0.2, -0.15) is 0 Å². The van der Waals surface area contributed by atoms with E-state index >= 15 is 0 Å². The number of carboxylic acids is 1. The average Bonchev–Trinajstić information content (AvgIpc) is 2.34. The molecule has 18 heavy (non-hydrogen) atoms. The maximum Gasteiger partial charge on any atom is 0.331 e. The Morgan fingerprint density at radius 3 is 2.83 bits per heavy atom. The lowest BCUT2D eigenvalue weighted by Crippen LogP contribution is -2.19. The Morgan fingerprint density at radius 1 is 1.56 bits per heavy atom. The second-order valence-electron chi connectivity index (χ2n) is 4.07. The van der Waals surface area contributed by atoms with Crippen LogP contribution >= 0.6 is 0 Å². The monoisotopic (exact) mass is 251 g/mol. The van der Waals surface area contributed by atoms with Crippen LogP contribution in [-0.4, -0.2) is 17.6 Å². The Balaban J connectivity index is 2.56. The third-order valence-corrected chi connectivity index (χ3v) is 2.78. The number of rotatable bonds is 6. The molecule has 1 rings (SSSR count). The van der Waals surface area contributed by atoms with Gasteiger partial charge >= 0.3 is 5.97 Å². The molecule has 0 amide bonds. The van der Waals surface area contributed by atoms with Crippen LogP contribution in [-0.2, 0) is 4.79 Å². The topological polar surface area (TPSA) is 49.3 Å². The summed E-state index contributed by atoms with van der Waals surface area (Å²) in [4.78, 5) is 10.8. The smallest absolute Gasteiger partial charge is 0.331 e. The molecule has 4 heteroatoms. The van der Waals surface area contributed by atoms with Crippen molar-refractivity contribution < 1.29 is 14.3 Å². The maximum atomic E-state index is 13.0. The zero-order chi connectivity index (χ0) is 13.5. The van der Waals surface area contributed by atoms with Crippen LogP contribution in [0.5, 0.6) is 0 Å². The Hall–Kier alpha value is -1.68. The molecule has 1 aromatic rings. The number of carbonyl (C=O) groups is 1. The summed E-state index contributed by atoms with van der Waals surface area (Å²) in [7, 11) is 0. The quantitative estimate of drug-likeness (QED) is 0.764. The highest BCUT2D eigenvalue weighted by molar-refractivity contribution is 5.86. The molecular formula is C14H18FNO2. The largest absolute Gasteiger partial charge is 0.478 e. The Labute approximate surface area is 106 Å². The van der Waals surface area contributed by atoms with Gasteiger partial charge in [-0.05, 0) is 31.0 Å². The predicted octanol–water partition coefficient (Wildman–Crippen LogP) is 2.90. The standard InChI is InChI=1S/C14H18FNO2/c1-3-11(14(17)18)7-8-16-10(2)12-5-4-6-13(15)9-12/h4-7,9-10,16H,3,8H2,1-2H3,(H,17,18)/b11-7-/t10-/m1/s1. The van der Waals surface area contributed by atoms with Crippen molar-refractivity contribution in [2.45, 2.75) is 26.3 Å². The van der Waals surface area contributed by atoms with Gasteiger partial charge in [0.15, 0.2) is 0 Å². The first-order valence-corrected chi connectivity index (χ1v) is 5.95. The number of halogens is 1. The van der Waals surface area contributed by atoms with Crippen molar-refractivity contribution in [3.63, 3.8) is 0 Å². The van der Waals surface area contributed by atoms with Gasteiger partial charge in [-0.3, -0.25) is 0 Å². The SMILES string of the molecule is CC/C(=C/CN[C@H](C)c1cccc(F)c1)C(=O)O. The summed E-state index contributed by atoms with van der Waals surface area (Å²) >= 11 is 0. The Kier molecular flexibility index (Phi) is 5.52. The fourth-order valence-corrected chi connectivity index (χ4v) is 1.64. The van der Waals surface area contributed by atoms with Crippen molar-refractivity contribution >= 4 is 5.97 Å². The molecule has 1 aromatic carbocycles. The van der Waals surface area contributed by atoms with E-state index in [4.69, 9.17) is 5.11 Å². The zero-order valence-corrected chi connectivity index (χ0v) is 10.6. The summed E-state index contributed by atoms with van der Waals surface area (Å²) in [5.41, 5.74) is 1.23. The molecule has 0 aromatic heterocycles. The first-order chi connectivity index (χ1) is 8.54. The van der Waals surface area contributed by atoms with Crippen molar-refractivity contribution in [2.75, 3.05) is 6.54 Å². The van der Waals surface area contributed by atoms with E-state index in [1.807, 2.05) is 13.0 Å². The molecule has 0 aliphatic heterocycles. The molecule has 0 saturated heterocycles. The van der Waals surface area contributed by atoms with Crippen LogP contribution in [0.1, 0.15) is 31.9 Å². The molecule has 0 aliphatic rings. The number of nitrogens with one attached hydrogen (secondary N) is 1. The van der Waals surface area contributed by atoms with Gasteiger partial charge in [0.05, 0.1) is 0 Å². The van der Waals surface area contributed by atoms with Crippen LogP contribution in [0.2, 0.25) is 0 Å². The summed E-state index contributed by atoms with van der Waals surface area (Å²) < 4.78 is 13.0. The Bertz CT molecular complexity index is 443. The summed E-state index contributed by atoms with van der Waals surface area (Å²) in [6, 6.07) is 6.34. The highest BCUT2D eigenvalue weighted by Crippen LogP contribution is 2.13. The van der Waals surface area contributed by atoms with E-state index in [1.165, 1.54) is 12.1 Å². The molecule has 0 unspecified atom stereocenters. The number of benzene rings is 1. The number of aliphatic carboxylic acids is 1. The van der Waals surface area contributed by atoms with E-state index < -0.39 is 5.97 Å².